The molecule has 0 saturated carbocycles. The predicted octanol–water partition coefficient (Wildman–Crippen LogP) is 1.99. The molecule has 1 aliphatic rings. The lowest BCUT2D eigenvalue weighted by molar-refractivity contribution is -0.153. The maximum absolute atomic E-state index is 12.5. The third-order valence-electron chi connectivity index (χ3n) is 2.96. The number of nitrogens with zero attached hydrogens (tertiary/aromatic N) is 1. The number of amides is 1. The number of carbonyl (C=O) groups excluding carboxylic acids is 1. The Balaban J connectivity index is 2.03. The molecule has 19 heavy (non-hydrogen) atoms. The fourth-order valence-electron chi connectivity index (χ4n) is 1.94. The van der Waals surface area contributed by atoms with Gasteiger partial charge >= 0.3 is 6.18 Å². The van der Waals surface area contributed by atoms with Gasteiger partial charge in [-0.1, -0.05) is 0 Å². The van der Waals surface area contributed by atoms with Gasteiger partial charge in [-0.15, -0.1) is 0 Å². The van der Waals surface area contributed by atoms with Crippen molar-refractivity contribution in [2.45, 2.75) is 31.5 Å². The zero-order chi connectivity index (χ0) is 14.1. The lowest BCUT2D eigenvalue weighted by atomic mass is 10.0. The van der Waals surface area contributed by atoms with Gasteiger partial charge in [0.1, 0.15) is 0 Å². The first-order valence-corrected chi connectivity index (χ1v) is 5.75. The minimum atomic E-state index is -4.74. The van der Waals surface area contributed by atoms with Crippen LogP contribution in [0.25, 0.3) is 0 Å². The first-order chi connectivity index (χ1) is 8.82. The third kappa shape index (κ3) is 3.06. The fraction of sp³-hybridized carbons (Fsp3) is 0.636. The van der Waals surface area contributed by atoms with E-state index in [-0.39, 0.29) is 6.54 Å². The van der Waals surface area contributed by atoms with E-state index in [1.54, 1.807) is 6.92 Å². The molecule has 2 rings (SSSR count). The minimum absolute atomic E-state index is 0.135. The van der Waals surface area contributed by atoms with Gasteiger partial charge in [-0.2, -0.15) is 13.2 Å². The molecule has 0 radical (unpaired) electrons. The van der Waals surface area contributed by atoms with Crippen LogP contribution in [-0.2, 0) is 10.9 Å². The topological polar surface area (TPSA) is 64.4 Å². The number of hydrogen-bond donors (Lipinski definition) is 1. The van der Waals surface area contributed by atoms with Crippen LogP contribution in [0, 0.1) is 0 Å². The molecule has 1 aliphatic heterocycles. The monoisotopic (exact) mass is 278 g/mol. The Labute approximate surface area is 107 Å². The molecule has 0 spiro atoms. The molecule has 1 aromatic rings. The van der Waals surface area contributed by atoms with Crippen LogP contribution in [0.1, 0.15) is 36.0 Å². The molecule has 1 saturated heterocycles. The van der Waals surface area contributed by atoms with Crippen molar-refractivity contribution in [3.63, 3.8) is 0 Å². The normalized spacial score (nSPS) is 23.6. The molecular formula is C11H13F3N2O3. The molecule has 2 heterocycles. The number of oxazole rings is 1. The summed E-state index contributed by atoms with van der Waals surface area (Å²) in [6.07, 6.45) is -2.52. The number of aromatic nitrogens is 1. The molecule has 8 heteroatoms. The highest BCUT2D eigenvalue weighted by Gasteiger charge is 2.41. The van der Waals surface area contributed by atoms with Crippen LogP contribution in [0.3, 0.4) is 0 Å². The van der Waals surface area contributed by atoms with E-state index in [9.17, 15) is 18.0 Å². The summed E-state index contributed by atoms with van der Waals surface area (Å²) in [7, 11) is 0. The molecule has 1 atom stereocenters. The highest BCUT2D eigenvalue weighted by Crippen LogP contribution is 2.31. The van der Waals surface area contributed by atoms with Gasteiger partial charge < -0.3 is 14.5 Å². The number of halogens is 3. The van der Waals surface area contributed by atoms with Crippen LogP contribution in [-0.4, -0.2) is 29.6 Å². The summed E-state index contributed by atoms with van der Waals surface area (Å²) in [5.41, 5.74) is -1.29. The van der Waals surface area contributed by atoms with Crippen molar-refractivity contribution in [2.24, 2.45) is 0 Å². The molecule has 106 valence electrons. The van der Waals surface area contributed by atoms with E-state index >= 15 is 0 Å². The van der Waals surface area contributed by atoms with Gasteiger partial charge in [-0.05, 0) is 19.8 Å². The second-order valence-corrected chi connectivity index (χ2v) is 4.61. The standard InChI is InChI=1S/C11H13F3N2O3/c1-10(3-2-4-19-10)5-15-9(17)7-8(11(12,13)14)18-6-16-7/h6H,2-5H2,1H3,(H,15,17). The van der Waals surface area contributed by atoms with Gasteiger partial charge in [0.05, 0.1) is 5.60 Å². The zero-order valence-corrected chi connectivity index (χ0v) is 10.2. The second-order valence-electron chi connectivity index (χ2n) is 4.61. The van der Waals surface area contributed by atoms with Crippen molar-refractivity contribution in [1.29, 1.82) is 0 Å². The van der Waals surface area contributed by atoms with Crippen molar-refractivity contribution >= 4 is 5.91 Å². The Morgan fingerprint density at radius 1 is 1.58 bits per heavy atom. The number of alkyl halides is 3. The van der Waals surface area contributed by atoms with Crippen LogP contribution in [0.5, 0.6) is 0 Å². The van der Waals surface area contributed by atoms with Crippen LogP contribution in [0.2, 0.25) is 0 Å². The van der Waals surface area contributed by atoms with Gasteiger partial charge in [0.15, 0.2) is 12.1 Å². The van der Waals surface area contributed by atoms with E-state index in [1.807, 2.05) is 0 Å². The first-order valence-electron chi connectivity index (χ1n) is 5.75. The minimum Gasteiger partial charge on any atom is -0.438 e. The van der Waals surface area contributed by atoms with Crippen molar-refractivity contribution in [2.75, 3.05) is 13.2 Å². The molecule has 1 N–H and O–H groups in total. The smallest absolute Gasteiger partial charge is 0.438 e. The summed E-state index contributed by atoms with van der Waals surface area (Å²) < 4.78 is 47.2. The Hall–Kier alpha value is -1.57. The van der Waals surface area contributed by atoms with E-state index < -0.39 is 29.1 Å². The molecule has 1 fully saturated rings. The Morgan fingerprint density at radius 2 is 2.32 bits per heavy atom. The molecule has 1 amide bonds. The maximum atomic E-state index is 12.5. The largest absolute Gasteiger partial charge is 0.452 e. The lowest BCUT2D eigenvalue weighted by Crippen LogP contribution is -2.40. The number of carbonyl (C=O) groups is 1. The van der Waals surface area contributed by atoms with Gasteiger partial charge in [-0.3, -0.25) is 4.79 Å². The number of hydrogen-bond acceptors (Lipinski definition) is 4. The van der Waals surface area contributed by atoms with Crippen LogP contribution < -0.4 is 5.32 Å². The first kappa shape index (κ1) is 13.9. The van der Waals surface area contributed by atoms with E-state index in [1.165, 1.54) is 0 Å². The third-order valence-corrected chi connectivity index (χ3v) is 2.96. The van der Waals surface area contributed by atoms with Crippen molar-refractivity contribution in [3.8, 4) is 0 Å². The predicted molar refractivity (Wildman–Crippen MR) is 57.4 cm³/mol. The van der Waals surface area contributed by atoms with Crippen molar-refractivity contribution in [3.05, 3.63) is 17.8 Å². The summed E-state index contributed by atoms with van der Waals surface area (Å²) in [5, 5.41) is 2.39. The maximum Gasteiger partial charge on any atom is 0.452 e. The molecule has 1 unspecified atom stereocenters. The fourth-order valence-corrected chi connectivity index (χ4v) is 1.94. The summed E-state index contributed by atoms with van der Waals surface area (Å²) in [6, 6.07) is 0. The lowest BCUT2D eigenvalue weighted by Gasteiger charge is -2.23. The van der Waals surface area contributed by atoms with E-state index in [0.29, 0.717) is 13.0 Å². The summed E-state index contributed by atoms with van der Waals surface area (Å²) in [4.78, 5) is 15.0. The SMILES string of the molecule is CC1(CNC(=O)c2ncoc2C(F)(F)F)CCCO1. The highest BCUT2D eigenvalue weighted by atomic mass is 19.4. The quantitative estimate of drug-likeness (QED) is 0.918. The zero-order valence-electron chi connectivity index (χ0n) is 10.2. The van der Waals surface area contributed by atoms with Crippen molar-refractivity contribution in [1.82, 2.24) is 10.3 Å². The van der Waals surface area contributed by atoms with Crippen LogP contribution >= 0.6 is 0 Å². The molecule has 0 aromatic carbocycles. The number of rotatable bonds is 3. The molecule has 0 aliphatic carbocycles. The van der Waals surface area contributed by atoms with Crippen LogP contribution in [0.15, 0.2) is 10.8 Å². The number of ether oxygens (including phenoxy) is 1. The average molecular weight is 278 g/mol. The number of nitrogens with one attached hydrogen (secondary N) is 1. The van der Waals surface area contributed by atoms with Crippen LogP contribution in [0.4, 0.5) is 13.2 Å². The van der Waals surface area contributed by atoms with Gasteiger partial charge in [0.25, 0.3) is 5.91 Å². The van der Waals surface area contributed by atoms with Gasteiger partial charge in [0.2, 0.25) is 5.76 Å². The molecule has 1 aromatic heterocycles. The van der Waals surface area contributed by atoms with E-state index in [2.05, 4.69) is 14.7 Å². The Morgan fingerprint density at radius 3 is 2.89 bits per heavy atom. The highest BCUT2D eigenvalue weighted by molar-refractivity contribution is 5.93. The summed E-state index contributed by atoms with van der Waals surface area (Å²) in [6.45, 7) is 2.52. The Bertz CT molecular complexity index is 464. The van der Waals surface area contributed by atoms with Gasteiger partial charge in [-0.25, -0.2) is 4.98 Å². The summed E-state index contributed by atoms with van der Waals surface area (Å²) >= 11 is 0. The van der Waals surface area contributed by atoms with E-state index in [0.717, 1.165) is 12.8 Å². The molecular weight excluding hydrogens is 265 g/mol. The second kappa shape index (κ2) is 4.84. The van der Waals surface area contributed by atoms with E-state index in [4.69, 9.17) is 4.74 Å². The average Bonchev–Trinajstić information content (AvgIpc) is 2.94. The summed E-state index contributed by atoms with van der Waals surface area (Å²) in [5.74, 6) is -2.31. The molecule has 5 nitrogen and oxygen atoms in total. The van der Waals surface area contributed by atoms with Crippen molar-refractivity contribution < 1.29 is 27.1 Å². The van der Waals surface area contributed by atoms with Gasteiger partial charge in [0, 0.05) is 13.2 Å². The molecule has 0 bridgehead atoms. The Kier molecular flexibility index (Phi) is 3.53.